The molecule has 4 rings (SSSR count). The Morgan fingerprint density at radius 2 is 1.76 bits per heavy atom. The molecule has 0 unspecified atom stereocenters. The Kier molecular flexibility index (Phi) is 7.91. The van der Waals surface area contributed by atoms with Crippen LogP contribution in [-0.2, 0) is 24.3 Å². The number of ether oxygens (including phenoxy) is 1. The van der Waals surface area contributed by atoms with Gasteiger partial charge in [0.15, 0.2) is 0 Å². The number of rotatable bonds is 8. The Morgan fingerprint density at radius 3 is 2.35 bits per heavy atom. The molecule has 34 heavy (non-hydrogen) atoms. The van der Waals surface area contributed by atoms with Crippen LogP contribution >= 0.6 is 0 Å². The van der Waals surface area contributed by atoms with Gasteiger partial charge in [-0.2, -0.15) is 4.31 Å². The second kappa shape index (κ2) is 10.7. The van der Waals surface area contributed by atoms with Crippen molar-refractivity contribution < 1.29 is 22.7 Å². The van der Waals surface area contributed by atoms with Crippen LogP contribution in [0.4, 0.5) is 5.69 Å². The molecule has 0 saturated carbocycles. The Morgan fingerprint density at radius 1 is 1.09 bits per heavy atom. The average Bonchev–Trinajstić information content (AvgIpc) is 3.49. The van der Waals surface area contributed by atoms with Crippen LogP contribution in [0, 0.1) is 5.92 Å². The van der Waals surface area contributed by atoms with Gasteiger partial charge in [0.2, 0.25) is 21.8 Å². The first-order valence-electron chi connectivity index (χ1n) is 12.4. The Bertz CT molecular complexity index is 966. The highest BCUT2D eigenvalue weighted by Crippen LogP contribution is 2.28. The first kappa shape index (κ1) is 25.1. The van der Waals surface area contributed by atoms with Crippen LogP contribution in [-0.4, -0.2) is 99.4 Å². The zero-order valence-corrected chi connectivity index (χ0v) is 21.0. The smallest absolute Gasteiger partial charge is 0.243 e. The van der Waals surface area contributed by atoms with Gasteiger partial charge in [0.25, 0.3) is 0 Å². The fraction of sp³-hybridized carbons (Fsp3) is 0.667. The van der Waals surface area contributed by atoms with E-state index < -0.39 is 10.0 Å². The highest BCUT2D eigenvalue weighted by Gasteiger charge is 2.38. The van der Waals surface area contributed by atoms with Gasteiger partial charge in [-0.3, -0.25) is 14.5 Å². The largest absolute Gasteiger partial charge is 0.377 e. The van der Waals surface area contributed by atoms with Gasteiger partial charge in [-0.1, -0.05) is 13.8 Å². The highest BCUT2D eigenvalue weighted by atomic mass is 32.2. The summed E-state index contributed by atoms with van der Waals surface area (Å²) in [5.74, 6) is -0.431. The SMILES string of the molecule is CCN(CC)S(=O)(=O)c1ccc(N2C[C@H](C(=O)N3CCN(C[C@H]4CCCO4)CC3)CC2=O)cc1. The second-order valence-electron chi connectivity index (χ2n) is 9.25. The molecule has 2 amide bonds. The molecule has 3 fully saturated rings. The average molecular weight is 493 g/mol. The maximum atomic E-state index is 13.1. The number of amides is 2. The minimum Gasteiger partial charge on any atom is -0.377 e. The van der Waals surface area contributed by atoms with Crippen LogP contribution in [0.1, 0.15) is 33.1 Å². The van der Waals surface area contributed by atoms with E-state index in [1.807, 2.05) is 4.90 Å². The predicted molar refractivity (Wildman–Crippen MR) is 129 cm³/mol. The topological polar surface area (TPSA) is 90.5 Å². The van der Waals surface area contributed by atoms with Crippen LogP contribution in [0.5, 0.6) is 0 Å². The van der Waals surface area contributed by atoms with E-state index in [0.29, 0.717) is 44.5 Å². The number of benzene rings is 1. The summed E-state index contributed by atoms with van der Waals surface area (Å²) in [7, 11) is -3.55. The molecule has 10 heteroatoms. The number of nitrogens with zero attached hydrogens (tertiary/aromatic N) is 4. The van der Waals surface area contributed by atoms with Crippen molar-refractivity contribution in [3.05, 3.63) is 24.3 Å². The lowest BCUT2D eigenvalue weighted by molar-refractivity contribution is -0.137. The minimum absolute atomic E-state index is 0.0355. The lowest BCUT2D eigenvalue weighted by Crippen LogP contribution is -2.52. The van der Waals surface area contributed by atoms with Gasteiger partial charge in [-0.05, 0) is 37.1 Å². The molecule has 2 atom stereocenters. The first-order valence-corrected chi connectivity index (χ1v) is 13.8. The molecule has 0 aliphatic carbocycles. The quantitative estimate of drug-likeness (QED) is 0.545. The molecule has 3 aliphatic heterocycles. The summed E-state index contributed by atoms with van der Waals surface area (Å²) in [6.45, 7) is 9.53. The molecule has 9 nitrogen and oxygen atoms in total. The third-order valence-electron chi connectivity index (χ3n) is 7.14. The summed E-state index contributed by atoms with van der Waals surface area (Å²) in [6.07, 6.45) is 2.75. The molecule has 3 aliphatic rings. The molecule has 3 saturated heterocycles. The normalized spacial score (nSPS) is 24.4. The Hall–Kier alpha value is -2.01. The Balaban J connectivity index is 1.33. The molecule has 0 radical (unpaired) electrons. The molecular weight excluding hydrogens is 456 g/mol. The van der Waals surface area contributed by atoms with Gasteiger partial charge < -0.3 is 14.5 Å². The van der Waals surface area contributed by atoms with E-state index in [1.54, 1.807) is 43.0 Å². The molecule has 188 valence electrons. The van der Waals surface area contributed by atoms with Gasteiger partial charge in [0, 0.05) is 71.1 Å². The lowest BCUT2D eigenvalue weighted by Gasteiger charge is -2.36. The standard InChI is InChI=1S/C24H36N4O5S/c1-3-27(4-2)34(31,32)22-9-7-20(8-10-22)28-17-19(16-23(28)29)24(30)26-13-11-25(12-14-26)18-21-6-5-15-33-21/h7-10,19,21H,3-6,11-18H2,1-2H3/t19-,21-/m1/s1. The van der Waals surface area contributed by atoms with E-state index in [0.717, 1.165) is 39.1 Å². The van der Waals surface area contributed by atoms with Gasteiger partial charge in [-0.25, -0.2) is 8.42 Å². The van der Waals surface area contributed by atoms with Crippen molar-refractivity contribution >= 4 is 27.5 Å². The first-order chi connectivity index (χ1) is 16.3. The van der Waals surface area contributed by atoms with Crippen molar-refractivity contribution in [3.8, 4) is 0 Å². The van der Waals surface area contributed by atoms with Crippen LogP contribution < -0.4 is 4.90 Å². The third-order valence-corrected chi connectivity index (χ3v) is 9.20. The lowest BCUT2D eigenvalue weighted by atomic mass is 10.1. The van der Waals surface area contributed by atoms with Crippen LogP contribution in [0.15, 0.2) is 29.2 Å². The van der Waals surface area contributed by atoms with Crippen molar-refractivity contribution in [2.75, 3.05) is 63.9 Å². The minimum atomic E-state index is -3.55. The zero-order chi connectivity index (χ0) is 24.3. The highest BCUT2D eigenvalue weighted by molar-refractivity contribution is 7.89. The summed E-state index contributed by atoms with van der Waals surface area (Å²) < 4.78 is 32.6. The number of carbonyl (C=O) groups excluding carboxylic acids is 2. The van der Waals surface area contributed by atoms with E-state index in [2.05, 4.69) is 4.90 Å². The third kappa shape index (κ3) is 5.30. The molecule has 0 aromatic heterocycles. The van der Waals surface area contributed by atoms with Crippen molar-refractivity contribution in [2.45, 2.75) is 44.1 Å². The molecular formula is C24H36N4O5S. The van der Waals surface area contributed by atoms with E-state index in [1.165, 1.54) is 4.31 Å². The van der Waals surface area contributed by atoms with Crippen molar-refractivity contribution in [1.29, 1.82) is 0 Å². The van der Waals surface area contributed by atoms with E-state index >= 15 is 0 Å². The van der Waals surface area contributed by atoms with Gasteiger partial charge in [0.1, 0.15) is 0 Å². The maximum absolute atomic E-state index is 13.1. The summed E-state index contributed by atoms with van der Waals surface area (Å²) in [4.78, 5) is 31.9. The monoisotopic (exact) mass is 492 g/mol. The molecule has 0 N–H and O–H groups in total. The molecule has 1 aromatic carbocycles. The predicted octanol–water partition coefficient (Wildman–Crippen LogP) is 1.39. The fourth-order valence-corrected chi connectivity index (χ4v) is 6.58. The zero-order valence-electron chi connectivity index (χ0n) is 20.2. The molecule has 3 heterocycles. The second-order valence-corrected chi connectivity index (χ2v) is 11.2. The number of sulfonamides is 1. The van der Waals surface area contributed by atoms with Crippen molar-refractivity contribution in [3.63, 3.8) is 0 Å². The van der Waals surface area contributed by atoms with E-state index in [-0.39, 0.29) is 29.0 Å². The summed E-state index contributed by atoms with van der Waals surface area (Å²) >= 11 is 0. The van der Waals surface area contributed by atoms with Gasteiger partial charge in [-0.15, -0.1) is 0 Å². The number of carbonyl (C=O) groups is 2. The summed E-state index contributed by atoms with van der Waals surface area (Å²) in [5, 5.41) is 0. The number of hydrogen-bond acceptors (Lipinski definition) is 6. The van der Waals surface area contributed by atoms with E-state index in [4.69, 9.17) is 4.74 Å². The van der Waals surface area contributed by atoms with Crippen molar-refractivity contribution in [2.24, 2.45) is 5.92 Å². The summed E-state index contributed by atoms with van der Waals surface area (Å²) in [5.41, 5.74) is 0.625. The van der Waals surface area contributed by atoms with Crippen molar-refractivity contribution in [1.82, 2.24) is 14.1 Å². The Labute approximate surface area is 202 Å². The molecule has 0 bridgehead atoms. The van der Waals surface area contributed by atoms with Crippen LogP contribution in [0.2, 0.25) is 0 Å². The van der Waals surface area contributed by atoms with E-state index in [9.17, 15) is 18.0 Å². The number of anilines is 1. The molecule has 1 aromatic rings. The van der Waals surface area contributed by atoms with Gasteiger partial charge in [0.05, 0.1) is 16.9 Å². The summed E-state index contributed by atoms with van der Waals surface area (Å²) in [6, 6.07) is 6.40. The molecule has 0 spiro atoms. The number of hydrogen-bond donors (Lipinski definition) is 0. The van der Waals surface area contributed by atoms with Crippen LogP contribution in [0.25, 0.3) is 0 Å². The fourth-order valence-electron chi connectivity index (χ4n) is 5.12. The van der Waals surface area contributed by atoms with Crippen LogP contribution in [0.3, 0.4) is 0 Å². The van der Waals surface area contributed by atoms with Gasteiger partial charge >= 0.3 is 0 Å². The number of piperazine rings is 1. The maximum Gasteiger partial charge on any atom is 0.243 e.